The summed E-state index contributed by atoms with van der Waals surface area (Å²) in [6.07, 6.45) is 2.09. The Bertz CT molecular complexity index is 1020. The summed E-state index contributed by atoms with van der Waals surface area (Å²) in [6.45, 7) is 3.76. The van der Waals surface area contributed by atoms with Gasteiger partial charge in [0.05, 0.1) is 6.04 Å². The van der Waals surface area contributed by atoms with Crippen LogP contribution in [0.3, 0.4) is 0 Å². The zero-order valence-corrected chi connectivity index (χ0v) is 15.1. The van der Waals surface area contributed by atoms with Crippen LogP contribution in [-0.4, -0.2) is 28.7 Å². The first-order chi connectivity index (χ1) is 13.2. The van der Waals surface area contributed by atoms with E-state index in [4.69, 9.17) is 9.47 Å². The molecule has 3 aromatic rings. The molecular formula is C22H20N2O3. The number of carbonyl (C=O) groups is 1. The van der Waals surface area contributed by atoms with Crippen LogP contribution < -0.4 is 9.47 Å². The molecule has 136 valence electrons. The number of fused-ring (bicyclic) bond motifs is 2. The number of ether oxygens (including phenoxy) is 2. The Balaban J connectivity index is 1.58. The highest BCUT2D eigenvalue weighted by atomic mass is 16.7. The van der Waals surface area contributed by atoms with Gasteiger partial charge in [0.1, 0.15) is 0 Å². The van der Waals surface area contributed by atoms with Gasteiger partial charge in [-0.05, 0) is 48.4 Å². The van der Waals surface area contributed by atoms with Crippen molar-refractivity contribution in [3.8, 4) is 11.5 Å². The largest absolute Gasteiger partial charge is 0.454 e. The van der Waals surface area contributed by atoms with E-state index < -0.39 is 0 Å². The Morgan fingerprint density at radius 2 is 1.85 bits per heavy atom. The topological polar surface area (TPSA) is 43.7 Å². The first-order valence-electron chi connectivity index (χ1n) is 9.13. The van der Waals surface area contributed by atoms with E-state index in [1.165, 1.54) is 5.56 Å². The Kier molecular flexibility index (Phi) is 3.67. The smallest absolute Gasteiger partial charge is 0.254 e. The van der Waals surface area contributed by atoms with Crippen LogP contribution in [0.1, 0.15) is 33.2 Å². The van der Waals surface area contributed by atoms with Crippen molar-refractivity contribution in [1.82, 2.24) is 9.47 Å². The number of hydrogen-bond acceptors (Lipinski definition) is 3. The van der Waals surface area contributed by atoms with E-state index in [0.29, 0.717) is 23.6 Å². The summed E-state index contributed by atoms with van der Waals surface area (Å²) in [5, 5.41) is 0. The van der Waals surface area contributed by atoms with Crippen molar-refractivity contribution < 1.29 is 14.3 Å². The van der Waals surface area contributed by atoms with Gasteiger partial charge in [0, 0.05) is 30.5 Å². The number of carbonyl (C=O) groups excluding carboxylic acids is 1. The van der Waals surface area contributed by atoms with Gasteiger partial charge >= 0.3 is 0 Å². The Hall–Kier alpha value is -3.21. The predicted molar refractivity (Wildman–Crippen MR) is 101 cm³/mol. The van der Waals surface area contributed by atoms with Crippen LogP contribution in [0.5, 0.6) is 11.5 Å². The highest BCUT2D eigenvalue weighted by Crippen LogP contribution is 2.37. The van der Waals surface area contributed by atoms with Gasteiger partial charge in [0.25, 0.3) is 5.91 Å². The lowest BCUT2D eigenvalue weighted by Crippen LogP contribution is -2.42. The molecule has 0 radical (unpaired) electrons. The third kappa shape index (κ3) is 2.58. The van der Waals surface area contributed by atoms with Gasteiger partial charge in [-0.25, -0.2) is 0 Å². The molecule has 2 aliphatic heterocycles. The number of aromatic nitrogens is 1. The number of rotatable bonds is 2. The summed E-state index contributed by atoms with van der Waals surface area (Å²) in [6, 6.07) is 17.7. The predicted octanol–water partition coefficient (Wildman–Crippen LogP) is 3.77. The second kappa shape index (κ2) is 6.20. The second-order valence-electron chi connectivity index (χ2n) is 6.95. The zero-order chi connectivity index (χ0) is 18.4. The lowest BCUT2D eigenvalue weighted by Gasteiger charge is -2.38. The fraction of sp³-hybridized carbons (Fsp3) is 0.227. The number of benzene rings is 2. The van der Waals surface area contributed by atoms with Crippen LogP contribution in [0.2, 0.25) is 0 Å². The number of hydrogen-bond donors (Lipinski definition) is 0. The first kappa shape index (κ1) is 16.0. The molecule has 0 bridgehead atoms. The standard InChI is InChI=1S/C22H20N2O3/c1-15-5-2-3-6-17(15)21-18-7-4-10-23(18)11-12-24(21)22(25)16-8-9-19-20(13-16)27-14-26-19/h2-10,13,21H,11-12,14H2,1H3. The number of aryl methyl sites for hydroxylation is 1. The summed E-state index contributed by atoms with van der Waals surface area (Å²) >= 11 is 0. The third-order valence-electron chi connectivity index (χ3n) is 5.40. The Labute approximate surface area is 157 Å². The van der Waals surface area contributed by atoms with Crippen LogP contribution in [0.4, 0.5) is 0 Å². The van der Waals surface area contributed by atoms with E-state index in [-0.39, 0.29) is 18.7 Å². The van der Waals surface area contributed by atoms with E-state index in [1.54, 1.807) is 6.07 Å². The maximum absolute atomic E-state index is 13.4. The van der Waals surface area contributed by atoms with Crippen molar-refractivity contribution >= 4 is 5.91 Å². The normalized spacial score (nSPS) is 17.7. The Morgan fingerprint density at radius 3 is 2.74 bits per heavy atom. The monoisotopic (exact) mass is 360 g/mol. The third-order valence-corrected chi connectivity index (χ3v) is 5.40. The molecule has 0 spiro atoms. The molecule has 3 heterocycles. The molecule has 5 heteroatoms. The van der Waals surface area contributed by atoms with Crippen molar-refractivity contribution in [1.29, 1.82) is 0 Å². The molecule has 1 amide bonds. The van der Waals surface area contributed by atoms with Crippen LogP contribution >= 0.6 is 0 Å². The van der Waals surface area contributed by atoms with Gasteiger partial charge < -0.3 is 18.9 Å². The number of amides is 1. The minimum absolute atomic E-state index is 0.00834. The highest BCUT2D eigenvalue weighted by molar-refractivity contribution is 5.95. The average Bonchev–Trinajstić information content (AvgIpc) is 3.35. The van der Waals surface area contributed by atoms with Crippen molar-refractivity contribution in [3.05, 3.63) is 83.2 Å². The fourth-order valence-electron chi connectivity index (χ4n) is 4.02. The minimum atomic E-state index is -0.104. The molecule has 1 atom stereocenters. The lowest BCUT2D eigenvalue weighted by atomic mass is 9.95. The minimum Gasteiger partial charge on any atom is -0.454 e. The summed E-state index contributed by atoms with van der Waals surface area (Å²) in [5.41, 5.74) is 4.11. The first-order valence-corrected chi connectivity index (χ1v) is 9.13. The van der Waals surface area contributed by atoms with E-state index >= 15 is 0 Å². The molecule has 0 fully saturated rings. The summed E-state index contributed by atoms with van der Waals surface area (Å²) in [5.74, 6) is 1.33. The van der Waals surface area contributed by atoms with Crippen molar-refractivity contribution in [2.75, 3.05) is 13.3 Å². The molecule has 1 unspecified atom stereocenters. The second-order valence-corrected chi connectivity index (χ2v) is 6.95. The molecule has 1 aromatic heterocycles. The van der Waals surface area contributed by atoms with Gasteiger partial charge in [0.2, 0.25) is 6.79 Å². The van der Waals surface area contributed by atoms with E-state index in [2.05, 4.69) is 42.0 Å². The van der Waals surface area contributed by atoms with Gasteiger partial charge in [-0.1, -0.05) is 24.3 Å². The molecule has 0 N–H and O–H groups in total. The van der Waals surface area contributed by atoms with E-state index in [1.807, 2.05) is 29.2 Å². The molecule has 27 heavy (non-hydrogen) atoms. The van der Waals surface area contributed by atoms with Crippen molar-refractivity contribution in [2.24, 2.45) is 0 Å². The summed E-state index contributed by atoms with van der Waals surface area (Å²) < 4.78 is 13.1. The van der Waals surface area contributed by atoms with Crippen LogP contribution in [0.15, 0.2) is 60.8 Å². The number of nitrogens with zero attached hydrogens (tertiary/aromatic N) is 2. The van der Waals surface area contributed by atoms with Crippen LogP contribution in [0.25, 0.3) is 0 Å². The molecule has 0 saturated heterocycles. The summed E-state index contributed by atoms with van der Waals surface area (Å²) in [4.78, 5) is 15.4. The van der Waals surface area contributed by atoms with Gasteiger partial charge in [-0.3, -0.25) is 4.79 Å². The van der Waals surface area contributed by atoms with Crippen LogP contribution in [-0.2, 0) is 6.54 Å². The molecule has 5 rings (SSSR count). The average molecular weight is 360 g/mol. The molecule has 5 nitrogen and oxygen atoms in total. The van der Waals surface area contributed by atoms with Gasteiger partial charge in [0.15, 0.2) is 11.5 Å². The molecular weight excluding hydrogens is 340 g/mol. The van der Waals surface area contributed by atoms with Gasteiger partial charge in [-0.15, -0.1) is 0 Å². The maximum atomic E-state index is 13.4. The van der Waals surface area contributed by atoms with Crippen molar-refractivity contribution in [3.63, 3.8) is 0 Å². The fourth-order valence-corrected chi connectivity index (χ4v) is 4.02. The summed E-state index contributed by atoms with van der Waals surface area (Å²) in [7, 11) is 0. The quantitative estimate of drug-likeness (QED) is 0.699. The van der Waals surface area contributed by atoms with Gasteiger partial charge in [-0.2, -0.15) is 0 Å². The molecule has 2 aliphatic rings. The SMILES string of the molecule is Cc1ccccc1C1c2cccn2CCN1C(=O)c1ccc2c(c1)OCO2. The highest BCUT2D eigenvalue weighted by Gasteiger charge is 2.33. The molecule has 0 saturated carbocycles. The lowest BCUT2D eigenvalue weighted by molar-refractivity contribution is 0.0663. The Morgan fingerprint density at radius 1 is 1.00 bits per heavy atom. The molecule has 0 aliphatic carbocycles. The van der Waals surface area contributed by atoms with E-state index in [0.717, 1.165) is 17.8 Å². The van der Waals surface area contributed by atoms with Crippen LogP contribution in [0, 0.1) is 6.92 Å². The van der Waals surface area contributed by atoms with Crippen molar-refractivity contribution in [2.45, 2.75) is 19.5 Å². The maximum Gasteiger partial charge on any atom is 0.254 e. The zero-order valence-electron chi connectivity index (χ0n) is 15.1. The van der Waals surface area contributed by atoms with E-state index in [9.17, 15) is 4.79 Å². The molecule has 2 aromatic carbocycles.